The van der Waals surface area contributed by atoms with Crippen molar-refractivity contribution in [1.29, 1.82) is 0 Å². The minimum atomic E-state index is 0.394. The Bertz CT molecular complexity index is 421. The van der Waals surface area contributed by atoms with Crippen LogP contribution in [0.2, 0.25) is 0 Å². The Hall–Kier alpha value is -0.860. The van der Waals surface area contributed by atoms with Crippen molar-refractivity contribution in [2.24, 2.45) is 5.41 Å². The first-order valence-electron chi connectivity index (χ1n) is 7.38. The smallest absolute Gasteiger partial charge is 0.0471 e. The molecule has 1 atom stereocenters. The van der Waals surface area contributed by atoms with Crippen LogP contribution in [0.4, 0.5) is 0 Å². The van der Waals surface area contributed by atoms with Gasteiger partial charge in [-0.25, -0.2) is 0 Å². The van der Waals surface area contributed by atoms with E-state index in [2.05, 4.69) is 51.2 Å². The maximum absolute atomic E-state index is 5.46. The first-order chi connectivity index (χ1) is 9.00. The van der Waals surface area contributed by atoms with Gasteiger partial charge in [0.2, 0.25) is 0 Å². The van der Waals surface area contributed by atoms with Crippen molar-refractivity contribution in [2.75, 3.05) is 19.8 Å². The number of benzene rings is 1. The van der Waals surface area contributed by atoms with Crippen LogP contribution in [0.25, 0.3) is 0 Å². The van der Waals surface area contributed by atoms with E-state index in [0.717, 1.165) is 19.8 Å². The van der Waals surface area contributed by atoms with Crippen LogP contribution < -0.4 is 5.32 Å². The molecule has 0 bridgehead atoms. The zero-order chi connectivity index (χ0) is 13.9. The standard InChI is InChI=1S/C17H27NO/c1-13-5-6-16(14(2)11-13)15(3)18-12-17(4)7-9-19-10-8-17/h5-6,11,15,18H,7-10,12H2,1-4H3. The Morgan fingerprint density at radius 1 is 1.26 bits per heavy atom. The lowest BCUT2D eigenvalue weighted by Crippen LogP contribution is -2.37. The Morgan fingerprint density at radius 3 is 2.58 bits per heavy atom. The Labute approximate surface area is 117 Å². The number of hydrogen-bond donors (Lipinski definition) is 1. The molecule has 0 radical (unpaired) electrons. The number of ether oxygens (including phenoxy) is 1. The van der Waals surface area contributed by atoms with Gasteiger partial charge in [-0.1, -0.05) is 30.7 Å². The predicted octanol–water partition coefficient (Wildman–Crippen LogP) is 3.77. The van der Waals surface area contributed by atoms with E-state index in [4.69, 9.17) is 4.74 Å². The zero-order valence-corrected chi connectivity index (χ0v) is 12.8. The van der Waals surface area contributed by atoms with E-state index in [9.17, 15) is 0 Å². The Balaban J connectivity index is 1.95. The topological polar surface area (TPSA) is 21.3 Å². The molecule has 0 amide bonds. The third-order valence-electron chi connectivity index (χ3n) is 4.43. The Kier molecular flexibility index (Phi) is 4.64. The molecule has 1 heterocycles. The molecule has 2 rings (SSSR count). The van der Waals surface area contributed by atoms with Gasteiger partial charge in [0.1, 0.15) is 0 Å². The molecule has 106 valence electrons. The number of aryl methyl sites for hydroxylation is 2. The molecule has 1 aliphatic heterocycles. The molecule has 2 heteroatoms. The summed E-state index contributed by atoms with van der Waals surface area (Å²) in [6.07, 6.45) is 2.33. The van der Waals surface area contributed by atoms with Gasteiger partial charge in [-0.2, -0.15) is 0 Å². The van der Waals surface area contributed by atoms with Gasteiger partial charge < -0.3 is 10.1 Å². The molecule has 19 heavy (non-hydrogen) atoms. The SMILES string of the molecule is Cc1ccc(C(C)NCC2(C)CCOCC2)c(C)c1. The molecular weight excluding hydrogens is 234 g/mol. The quantitative estimate of drug-likeness (QED) is 0.891. The summed E-state index contributed by atoms with van der Waals surface area (Å²) in [5, 5.41) is 3.71. The van der Waals surface area contributed by atoms with Crippen LogP contribution in [0, 0.1) is 19.3 Å². The molecule has 0 spiro atoms. The lowest BCUT2D eigenvalue weighted by atomic mass is 9.82. The Morgan fingerprint density at radius 2 is 1.95 bits per heavy atom. The summed E-state index contributed by atoms with van der Waals surface area (Å²) >= 11 is 0. The molecule has 1 aromatic carbocycles. The number of nitrogens with one attached hydrogen (secondary N) is 1. The summed E-state index contributed by atoms with van der Waals surface area (Å²) in [6.45, 7) is 11.9. The van der Waals surface area contributed by atoms with Crippen LogP contribution in [-0.4, -0.2) is 19.8 Å². The number of rotatable bonds is 4. The monoisotopic (exact) mass is 261 g/mol. The fourth-order valence-corrected chi connectivity index (χ4v) is 2.86. The highest BCUT2D eigenvalue weighted by molar-refractivity contribution is 5.32. The molecular formula is C17H27NO. The largest absolute Gasteiger partial charge is 0.381 e. The van der Waals surface area contributed by atoms with Crippen molar-refractivity contribution in [3.05, 3.63) is 34.9 Å². The predicted molar refractivity (Wildman–Crippen MR) is 80.5 cm³/mol. The first-order valence-corrected chi connectivity index (χ1v) is 7.38. The van der Waals surface area contributed by atoms with Crippen LogP contribution in [0.15, 0.2) is 18.2 Å². The van der Waals surface area contributed by atoms with E-state index in [1.54, 1.807) is 0 Å². The maximum Gasteiger partial charge on any atom is 0.0471 e. The third-order valence-corrected chi connectivity index (χ3v) is 4.43. The minimum Gasteiger partial charge on any atom is -0.381 e. The molecule has 0 saturated carbocycles. The molecule has 1 unspecified atom stereocenters. The molecule has 1 aromatic rings. The molecule has 1 N–H and O–H groups in total. The second-order valence-electron chi connectivity index (χ2n) is 6.39. The van der Waals surface area contributed by atoms with Crippen molar-refractivity contribution in [3.8, 4) is 0 Å². The highest BCUT2D eigenvalue weighted by atomic mass is 16.5. The number of hydrogen-bond acceptors (Lipinski definition) is 2. The lowest BCUT2D eigenvalue weighted by Gasteiger charge is -2.35. The third kappa shape index (κ3) is 3.80. The molecule has 2 nitrogen and oxygen atoms in total. The average Bonchev–Trinajstić information content (AvgIpc) is 2.37. The van der Waals surface area contributed by atoms with Crippen LogP contribution in [0.1, 0.15) is 49.4 Å². The normalized spacial score (nSPS) is 20.2. The van der Waals surface area contributed by atoms with Gasteiger partial charge >= 0.3 is 0 Å². The summed E-state index contributed by atoms with van der Waals surface area (Å²) in [4.78, 5) is 0. The van der Waals surface area contributed by atoms with Gasteiger partial charge in [0.25, 0.3) is 0 Å². The minimum absolute atomic E-state index is 0.394. The second kappa shape index (κ2) is 6.06. The van der Waals surface area contributed by atoms with Crippen LogP contribution >= 0.6 is 0 Å². The molecule has 0 aliphatic carbocycles. The van der Waals surface area contributed by atoms with Crippen LogP contribution in [-0.2, 0) is 4.74 Å². The lowest BCUT2D eigenvalue weighted by molar-refractivity contribution is 0.0231. The molecule has 1 aliphatic rings. The van der Waals surface area contributed by atoms with Gasteiger partial charge in [0.15, 0.2) is 0 Å². The first kappa shape index (κ1) is 14.5. The fraction of sp³-hybridized carbons (Fsp3) is 0.647. The van der Waals surface area contributed by atoms with Crippen molar-refractivity contribution in [1.82, 2.24) is 5.32 Å². The van der Waals surface area contributed by atoms with Crippen molar-refractivity contribution >= 4 is 0 Å². The second-order valence-corrected chi connectivity index (χ2v) is 6.39. The van der Waals surface area contributed by atoms with Crippen molar-refractivity contribution < 1.29 is 4.74 Å². The van der Waals surface area contributed by atoms with Crippen molar-refractivity contribution in [3.63, 3.8) is 0 Å². The summed E-state index contributed by atoms with van der Waals surface area (Å²) in [7, 11) is 0. The van der Waals surface area contributed by atoms with E-state index < -0.39 is 0 Å². The van der Waals surface area contributed by atoms with Crippen LogP contribution in [0.5, 0.6) is 0 Å². The summed E-state index contributed by atoms with van der Waals surface area (Å²) < 4.78 is 5.46. The van der Waals surface area contributed by atoms with Gasteiger partial charge in [-0.15, -0.1) is 0 Å². The summed E-state index contributed by atoms with van der Waals surface area (Å²) in [6, 6.07) is 7.15. The molecule has 1 fully saturated rings. The zero-order valence-electron chi connectivity index (χ0n) is 12.8. The van der Waals surface area contributed by atoms with Gasteiger partial charge in [0, 0.05) is 25.8 Å². The van der Waals surface area contributed by atoms with Gasteiger partial charge in [-0.05, 0) is 50.2 Å². The highest BCUT2D eigenvalue weighted by Gasteiger charge is 2.27. The van der Waals surface area contributed by atoms with E-state index in [0.29, 0.717) is 11.5 Å². The van der Waals surface area contributed by atoms with Gasteiger partial charge in [-0.3, -0.25) is 0 Å². The molecule has 1 saturated heterocycles. The van der Waals surface area contributed by atoms with E-state index in [1.807, 2.05) is 0 Å². The molecule has 0 aromatic heterocycles. The highest BCUT2D eigenvalue weighted by Crippen LogP contribution is 2.30. The van der Waals surface area contributed by atoms with Crippen molar-refractivity contribution in [2.45, 2.75) is 46.6 Å². The average molecular weight is 261 g/mol. The maximum atomic E-state index is 5.46. The van der Waals surface area contributed by atoms with E-state index >= 15 is 0 Å². The summed E-state index contributed by atoms with van der Waals surface area (Å²) in [5.74, 6) is 0. The fourth-order valence-electron chi connectivity index (χ4n) is 2.86. The van der Waals surface area contributed by atoms with Crippen LogP contribution in [0.3, 0.4) is 0 Å². The van der Waals surface area contributed by atoms with Gasteiger partial charge in [0.05, 0.1) is 0 Å². The van der Waals surface area contributed by atoms with E-state index in [-0.39, 0.29) is 0 Å². The van der Waals surface area contributed by atoms with E-state index in [1.165, 1.54) is 29.5 Å². The summed E-state index contributed by atoms with van der Waals surface area (Å²) in [5.41, 5.74) is 4.54.